The van der Waals surface area contributed by atoms with E-state index >= 15 is 0 Å². The van der Waals surface area contributed by atoms with Crippen molar-refractivity contribution in [3.05, 3.63) is 42.0 Å². The van der Waals surface area contributed by atoms with E-state index in [2.05, 4.69) is 50.2 Å². The van der Waals surface area contributed by atoms with E-state index < -0.39 is 0 Å². The van der Waals surface area contributed by atoms with Gasteiger partial charge >= 0.3 is 0 Å². The maximum absolute atomic E-state index is 5.87. The molecule has 0 N–H and O–H groups in total. The van der Waals surface area contributed by atoms with Crippen LogP contribution < -0.4 is 4.90 Å². The first kappa shape index (κ1) is 10.2. The van der Waals surface area contributed by atoms with Crippen LogP contribution in [-0.4, -0.2) is 14.1 Å². The molecule has 2 nitrogen and oxygen atoms in total. The van der Waals surface area contributed by atoms with Crippen molar-refractivity contribution in [2.45, 2.75) is 6.92 Å². The number of fused-ring (bicyclic) bond motifs is 3. The topological polar surface area (TPSA) is 16.4 Å². The third-order valence-corrected chi connectivity index (χ3v) is 3.16. The Bertz CT molecular complexity index is 695. The van der Waals surface area contributed by atoms with Gasteiger partial charge < -0.3 is 9.32 Å². The molecule has 3 rings (SSSR count). The van der Waals surface area contributed by atoms with E-state index in [1.807, 2.05) is 12.1 Å². The van der Waals surface area contributed by atoms with Crippen molar-refractivity contribution in [2.24, 2.45) is 0 Å². The predicted molar refractivity (Wildman–Crippen MR) is 72.8 cm³/mol. The van der Waals surface area contributed by atoms with Crippen LogP contribution >= 0.6 is 0 Å². The van der Waals surface area contributed by atoms with Gasteiger partial charge in [-0.05, 0) is 24.6 Å². The molecule has 0 unspecified atom stereocenters. The first-order chi connectivity index (χ1) is 8.18. The zero-order valence-corrected chi connectivity index (χ0v) is 10.3. The first-order valence-corrected chi connectivity index (χ1v) is 5.76. The molecule has 3 aromatic rings. The van der Waals surface area contributed by atoms with Gasteiger partial charge in [0.15, 0.2) is 0 Å². The van der Waals surface area contributed by atoms with Gasteiger partial charge in [0.1, 0.15) is 11.2 Å². The van der Waals surface area contributed by atoms with E-state index in [4.69, 9.17) is 4.42 Å². The van der Waals surface area contributed by atoms with Crippen molar-refractivity contribution in [2.75, 3.05) is 19.0 Å². The third-order valence-electron chi connectivity index (χ3n) is 3.16. The Morgan fingerprint density at radius 3 is 2.47 bits per heavy atom. The van der Waals surface area contributed by atoms with E-state index in [0.717, 1.165) is 11.2 Å². The van der Waals surface area contributed by atoms with E-state index in [1.54, 1.807) is 0 Å². The zero-order chi connectivity index (χ0) is 12.0. The van der Waals surface area contributed by atoms with Crippen LogP contribution in [0.1, 0.15) is 5.56 Å². The van der Waals surface area contributed by atoms with Crippen LogP contribution in [0.3, 0.4) is 0 Å². The minimum Gasteiger partial charge on any atom is -0.456 e. The van der Waals surface area contributed by atoms with Gasteiger partial charge in [-0.2, -0.15) is 0 Å². The minimum atomic E-state index is 0.955. The molecule has 86 valence electrons. The summed E-state index contributed by atoms with van der Waals surface area (Å²) < 4.78 is 5.87. The number of anilines is 1. The fourth-order valence-electron chi connectivity index (χ4n) is 2.48. The maximum atomic E-state index is 5.87. The largest absolute Gasteiger partial charge is 0.456 e. The van der Waals surface area contributed by atoms with Gasteiger partial charge in [0.05, 0.1) is 11.1 Å². The summed E-state index contributed by atoms with van der Waals surface area (Å²) in [6, 6.07) is 12.4. The number of hydrogen-bond donors (Lipinski definition) is 0. The normalized spacial score (nSPS) is 11.2. The molecule has 0 bridgehead atoms. The number of furan rings is 1. The van der Waals surface area contributed by atoms with Crippen LogP contribution in [0.25, 0.3) is 21.9 Å². The van der Waals surface area contributed by atoms with Crippen LogP contribution in [0.4, 0.5) is 5.69 Å². The summed E-state index contributed by atoms with van der Waals surface area (Å²) in [4.78, 5) is 2.15. The average molecular weight is 225 g/mol. The Balaban J connectivity index is 2.56. The lowest BCUT2D eigenvalue weighted by atomic mass is 10.1. The Kier molecular flexibility index (Phi) is 2.11. The molecular weight excluding hydrogens is 210 g/mol. The van der Waals surface area contributed by atoms with Gasteiger partial charge in [-0.25, -0.2) is 0 Å². The standard InChI is InChI=1S/C15H15NO/c1-10-8-9-13-14(15(10)16(2)3)11-6-4-5-7-12(11)17-13/h4-9H,1-3H3. The molecule has 17 heavy (non-hydrogen) atoms. The Morgan fingerprint density at radius 2 is 1.71 bits per heavy atom. The Labute approximate surface area is 100 Å². The predicted octanol–water partition coefficient (Wildman–Crippen LogP) is 3.96. The van der Waals surface area contributed by atoms with Gasteiger partial charge in [-0.3, -0.25) is 0 Å². The van der Waals surface area contributed by atoms with Crippen molar-refractivity contribution in [1.82, 2.24) is 0 Å². The van der Waals surface area contributed by atoms with Crippen LogP contribution in [-0.2, 0) is 0 Å². The molecule has 0 fully saturated rings. The second kappa shape index (κ2) is 3.52. The number of nitrogens with zero attached hydrogens (tertiary/aromatic N) is 1. The summed E-state index contributed by atoms with van der Waals surface area (Å²) in [6.45, 7) is 2.14. The molecule has 0 amide bonds. The fraction of sp³-hybridized carbons (Fsp3) is 0.200. The van der Waals surface area contributed by atoms with E-state index in [1.165, 1.54) is 22.0 Å². The van der Waals surface area contributed by atoms with Gasteiger partial charge in [0.25, 0.3) is 0 Å². The second-order valence-electron chi connectivity index (χ2n) is 4.60. The molecule has 0 spiro atoms. The SMILES string of the molecule is Cc1ccc2oc3ccccc3c2c1N(C)C. The summed E-state index contributed by atoms with van der Waals surface area (Å²) in [5.74, 6) is 0. The van der Waals surface area contributed by atoms with Crippen LogP contribution in [0.15, 0.2) is 40.8 Å². The summed E-state index contributed by atoms with van der Waals surface area (Å²) in [6.07, 6.45) is 0. The molecule has 2 heteroatoms. The summed E-state index contributed by atoms with van der Waals surface area (Å²) >= 11 is 0. The van der Waals surface area contributed by atoms with Crippen molar-refractivity contribution in [1.29, 1.82) is 0 Å². The van der Waals surface area contributed by atoms with Crippen LogP contribution in [0.5, 0.6) is 0 Å². The molecule has 0 saturated heterocycles. The first-order valence-electron chi connectivity index (χ1n) is 5.76. The monoisotopic (exact) mass is 225 g/mol. The highest BCUT2D eigenvalue weighted by Gasteiger charge is 2.13. The fourth-order valence-corrected chi connectivity index (χ4v) is 2.48. The summed E-state index contributed by atoms with van der Waals surface area (Å²) in [5, 5.41) is 2.40. The van der Waals surface area contributed by atoms with Gasteiger partial charge in [-0.15, -0.1) is 0 Å². The molecule has 0 aliphatic heterocycles. The lowest BCUT2D eigenvalue weighted by molar-refractivity contribution is 0.669. The molecule has 0 radical (unpaired) electrons. The quantitative estimate of drug-likeness (QED) is 0.623. The molecule has 0 aliphatic carbocycles. The molecule has 0 saturated carbocycles. The van der Waals surface area contributed by atoms with Gasteiger partial charge in [0, 0.05) is 19.5 Å². The third kappa shape index (κ3) is 1.41. The van der Waals surface area contributed by atoms with Crippen molar-refractivity contribution in [3.63, 3.8) is 0 Å². The highest BCUT2D eigenvalue weighted by Crippen LogP contribution is 2.37. The van der Waals surface area contributed by atoms with E-state index in [0.29, 0.717) is 0 Å². The highest BCUT2D eigenvalue weighted by atomic mass is 16.3. The average Bonchev–Trinajstić information content (AvgIpc) is 2.67. The lowest BCUT2D eigenvalue weighted by Gasteiger charge is -2.16. The van der Waals surface area contributed by atoms with Crippen molar-refractivity contribution >= 4 is 27.6 Å². The number of hydrogen-bond acceptors (Lipinski definition) is 2. The number of aryl methyl sites for hydroxylation is 1. The zero-order valence-electron chi connectivity index (χ0n) is 10.3. The summed E-state index contributed by atoms with van der Waals surface area (Å²) in [5.41, 5.74) is 4.43. The molecule has 1 heterocycles. The second-order valence-corrected chi connectivity index (χ2v) is 4.60. The number of para-hydroxylation sites is 1. The molecule has 2 aromatic carbocycles. The number of benzene rings is 2. The smallest absolute Gasteiger partial charge is 0.137 e. The molecule has 1 aromatic heterocycles. The summed E-state index contributed by atoms with van der Waals surface area (Å²) in [7, 11) is 4.15. The van der Waals surface area contributed by atoms with E-state index in [9.17, 15) is 0 Å². The van der Waals surface area contributed by atoms with Crippen LogP contribution in [0, 0.1) is 6.92 Å². The van der Waals surface area contributed by atoms with Crippen molar-refractivity contribution in [3.8, 4) is 0 Å². The molecular formula is C15H15NO. The highest BCUT2D eigenvalue weighted by molar-refractivity contribution is 6.12. The van der Waals surface area contributed by atoms with Gasteiger partial charge in [-0.1, -0.05) is 24.3 Å². The Hall–Kier alpha value is -1.96. The Morgan fingerprint density at radius 1 is 0.941 bits per heavy atom. The van der Waals surface area contributed by atoms with Crippen LogP contribution in [0.2, 0.25) is 0 Å². The molecule has 0 atom stereocenters. The lowest BCUT2D eigenvalue weighted by Crippen LogP contribution is -2.10. The number of rotatable bonds is 1. The van der Waals surface area contributed by atoms with Crippen molar-refractivity contribution < 1.29 is 4.42 Å². The molecule has 0 aliphatic rings. The minimum absolute atomic E-state index is 0.955. The maximum Gasteiger partial charge on any atom is 0.137 e. The van der Waals surface area contributed by atoms with Gasteiger partial charge in [0.2, 0.25) is 0 Å². The van der Waals surface area contributed by atoms with E-state index in [-0.39, 0.29) is 0 Å².